The number of aromatic nitrogens is 2. The molecule has 0 fully saturated rings. The van der Waals surface area contributed by atoms with Crippen molar-refractivity contribution in [1.82, 2.24) is 10.2 Å². The number of anilines is 3. The van der Waals surface area contributed by atoms with Crippen LogP contribution in [-0.4, -0.2) is 16.1 Å². The first kappa shape index (κ1) is 16.6. The number of hydrogen-bond acceptors (Lipinski definition) is 4. The van der Waals surface area contributed by atoms with Crippen LogP contribution < -0.4 is 10.6 Å². The number of rotatable bonds is 5. The van der Waals surface area contributed by atoms with Gasteiger partial charge in [-0.1, -0.05) is 42.0 Å². The van der Waals surface area contributed by atoms with Gasteiger partial charge in [0.15, 0.2) is 11.6 Å². The maximum absolute atomic E-state index is 12.1. The molecule has 0 saturated heterocycles. The van der Waals surface area contributed by atoms with E-state index in [2.05, 4.69) is 20.8 Å². The van der Waals surface area contributed by atoms with E-state index in [9.17, 15) is 4.79 Å². The fourth-order valence-corrected chi connectivity index (χ4v) is 2.42. The van der Waals surface area contributed by atoms with Gasteiger partial charge in [0, 0.05) is 5.69 Å². The van der Waals surface area contributed by atoms with E-state index in [0.29, 0.717) is 18.1 Å². The van der Waals surface area contributed by atoms with Crippen molar-refractivity contribution in [3.8, 4) is 0 Å². The second-order valence-corrected chi connectivity index (χ2v) is 5.95. The molecule has 126 valence electrons. The number of hydrogen-bond donors (Lipinski definition) is 2. The Hall–Kier alpha value is -3.21. The van der Waals surface area contributed by atoms with Crippen LogP contribution in [0.2, 0.25) is 0 Å². The Labute approximate surface area is 147 Å². The summed E-state index contributed by atoms with van der Waals surface area (Å²) in [6.45, 7) is 4.03. The van der Waals surface area contributed by atoms with Crippen molar-refractivity contribution in [1.29, 1.82) is 0 Å². The first-order chi connectivity index (χ1) is 12.1. The van der Waals surface area contributed by atoms with E-state index in [1.807, 2.05) is 62.4 Å². The third-order valence-electron chi connectivity index (χ3n) is 3.87. The van der Waals surface area contributed by atoms with Crippen LogP contribution >= 0.6 is 0 Å². The topological polar surface area (TPSA) is 66.9 Å². The van der Waals surface area contributed by atoms with Gasteiger partial charge in [0.05, 0.1) is 6.42 Å². The molecule has 1 amide bonds. The lowest BCUT2D eigenvalue weighted by atomic mass is 10.1. The van der Waals surface area contributed by atoms with Crippen LogP contribution in [0.5, 0.6) is 0 Å². The molecule has 0 spiro atoms. The van der Waals surface area contributed by atoms with Crippen molar-refractivity contribution in [2.75, 3.05) is 10.6 Å². The van der Waals surface area contributed by atoms with Gasteiger partial charge >= 0.3 is 0 Å². The van der Waals surface area contributed by atoms with Crippen molar-refractivity contribution >= 4 is 23.2 Å². The summed E-state index contributed by atoms with van der Waals surface area (Å²) in [5.74, 6) is 0.955. The highest BCUT2D eigenvalue weighted by atomic mass is 16.1. The maximum atomic E-state index is 12.1. The molecule has 1 heterocycles. The summed E-state index contributed by atoms with van der Waals surface area (Å²) >= 11 is 0. The predicted octanol–water partition coefficient (Wildman–Crippen LogP) is 4.02. The molecule has 0 unspecified atom stereocenters. The number of carbonyl (C=O) groups excluding carboxylic acids is 1. The molecular formula is C20H20N4O. The molecule has 3 rings (SSSR count). The standard InChI is InChI=1S/C20H20N4O/c1-14-7-9-17(10-8-14)21-18-11-12-19(24-23-18)22-20(25)13-16-6-4-3-5-15(16)2/h3-12H,13H2,1-2H3,(H,21,23)(H,22,24,25). The van der Waals surface area contributed by atoms with Gasteiger partial charge in [0.25, 0.3) is 0 Å². The Morgan fingerprint density at radius 3 is 2.24 bits per heavy atom. The molecule has 0 atom stereocenters. The quantitative estimate of drug-likeness (QED) is 0.740. The average molecular weight is 332 g/mol. The number of aryl methyl sites for hydroxylation is 2. The van der Waals surface area contributed by atoms with Crippen LogP contribution in [0, 0.1) is 13.8 Å². The van der Waals surface area contributed by atoms with Gasteiger partial charge in [-0.05, 0) is 49.2 Å². The summed E-state index contributed by atoms with van der Waals surface area (Å²) in [5.41, 5.74) is 4.24. The first-order valence-corrected chi connectivity index (χ1v) is 8.12. The monoisotopic (exact) mass is 332 g/mol. The Balaban J connectivity index is 1.59. The Bertz CT molecular complexity index is 858. The zero-order valence-corrected chi connectivity index (χ0v) is 14.3. The summed E-state index contributed by atoms with van der Waals surface area (Å²) in [7, 11) is 0. The Morgan fingerprint density at radius 1 is 0.880 bits per heavy atom. The normalized spacial score (nSPS) is 10.3. The van der Waals surface area contributed by atoms with Gasteiger partial charge in [0.1, 0.15) is 0 Å². The number of nitrogens with zero attached hydrogens (tertiary/aromatic N) is 2. The van der Waals surface area contributed by atoms with Crippen molar-refractivity contribution in [2.45, 2.75) is 20.3 Å². The van der Waals surface area contributed by atoms with E-state index < -0.39 is 0 Å². The van der Waals surface area contributed by atoms with E-state index in [1.165, 1.54) is 5.56 Å². The van der Waals surface area contributed by atoms with Gasteiger partial charge in [-0.3, -0.25) is 4.79 Å². The number of nitrogens with one attached hydrogen (secondary N) is 2. The average Bonchev–Trinajstić information content (AvgIpc) is 2.61. The van der Waals surface area contributed by atoms with Crippen molar-refractivity contribution in [3.63, 3.8) is 0 Å². The molecular weight excluding hydrogens is 312 g/mol. The van der Waals surface area contributed by atoms with E-state index in [1.54, 1.807) is 12.1 Å². The van der Waals surface area contributed by atoms with E-state index >= 15 is 0 Å². The van der Waals surface area contributed by atoms with Gasteiger partial charge < -0.3 is 10.6 Å². The van der Waals surface area contributed by atoms with E-state index in [0.717, 1.165) is 16.8 Å². The molecule has 3 aromatic rings. The number of amides is 1. The zero-order chi connectivity index (χ0) is 17.6. The molecule has 5 nitrogen and oxygen atoms in total. The van der Waals surface area contributed by atoms with Crippen molar-refractivity contribution in [2.24, 2.45) is 0 Å². The molecule has 2 N–H and O–H groups in total. The number of carbonyl (C=O) groups is 1. The van der Waals surface area contributed by atoms with Crippen LogP contribution in [0.1, 0.15) is 16.7 Å². The fourth-order valence-electron chi connectivity index (χ4n) is 2.42. The van der Waals surface area contributed by atoms with E-state index in [4.69, 9.17) is 0 Å². The van der Waals surface area contributed by atoms with Gasteiger partial charge in [-0.15, -0.1) is 10.2 Å². The van der Waals surface area contributed by atoms with Crippen LogP contribution in [0.4, 0.5) is 17.3 Å². The molecule has 25 heavy (non-hydrogen) atoms. The smallest absolute Gasteiger partial charge is 0.230 e. The molecule has 0 aliphatic heterocycles. The second kappa shape index (κ2) is 7.57. The van der Waals surface area contributed by atoms with Crippen molar-refractivity contribution in [3.05, 3.63) is 77.4 Å². The lowest BCUT2D eigenvalue weighted by Crippen LogP contribution is -2.16. The van der Waals surface area contributed by atoms with Crippen LogP contribution in [0.15, 0.2) is 60.7 Å². The van der Waals surface area contributed by atoms with Crippen LogP contribution in [0.3, 0.4) is 0 Å². The third-order valence-corrected chi connectivity index (χ3v) is 3.87. The highest BCUT2D eigenvalue weighted by Crippen LogP contribution is 2.15. The fraction of sp³-hybridized carbons (Fsp3) is 0.150. The lowest BCUT2D eigenvalue weighted by Gasteiger charge is -2.08. The Kier molecular flexibility index (Phi) is 5.04. The minimum atomic E-state index is -0.108. The predicted molar refractivity (Wildman–Crippen MR) is 100 cm³/mol. The third kappa shape index (κ3) is 4.64. The zero-order valence-electron chi connectivity index (χ0n) is 14.3. The maximum Gasteiger partial charge on any atom is 0.230 e. The van der Waals surface area contributed by atoms with Gasteiger partial charge in [-0.25, -0.2) is 0 Å². The van der Waals surface area contributed by atoms with Crippen LogP contribution in [0.25, 0.3) is 0 Å². The second-order valence-electron chi connectivity index (χ2n) is 5.95. The van der Waals surface area contributed by atoms with Crippen LogP contribution in [-0.2, 0) is 11.2 Å². The molecule has 0 radical (unpaired) electrons. The summed E-state index contributed by atoms with van der Waals surface area (Å²) in [4.78, 5) is 12.1. The highest BCUT2D eigenvalue weighted by molar-refractivity contribution is 5.91. The Morgan fingerprint density at radius 2 is 1.56 bits per heavy atom. The first-order valence-electron chi connectivity index (χ1n) is 8.12. The van der Waals surface area contributed by atoms with Gasteiger partial charge in [0.2, 0.25) is 5.91 Å². The van der Waals surface area contributed by atoms with E-state index in [-0.39, 0.29) is 5.91 Å². The van der Waals surface area contributed by atoms with Crippen molar-refractivity contribution < 1.29 is 4.79 Å². The summed E-state index contributed by atoms with van der Waals surface area (Å²) in [6, 6.07) is 19.4. The lowest BCUT2D eigenvalue weighted by molar-refractivity contribution is -0.115. The summed E-state index contributed by atoms with van der Waals surface area (Å²) in [6.07, 6.45) is 0.317. The largest absolute Gasteiger partial charge is 0.339 e. The molecule has 5 heteroatoms. The molecule has 0 bridgehead atoms. The highest BCUT2D eigenvalue weighted by Gasteiger charge is 2.07. The molecule has 2 aromatic carbocycles. The minimum Gasteiger partial charge on any atom is -0.339 e. The summed E-state index contributed by atoms with van der Waals surface area (Å²) in [5, 5.41) is 14.1. The molecule has 0 aliphatic carbocycles. The minimum absolute atomic E-state index is 0.108. The SMILES string of the molecule is Cc1ccc(Nc2ccc(NC(=O)Cc3ccccc3C)nn2)cc1. The summed E-state index contributed by atoms with van der Waals surface area (Å²) < 4.78 is 0. The molecule has 1 aromatic heterocycles. The molecule has 0 aliphatic rings. The van der Waals surface area contributed by atoms with Gasteiger partial charge in [-0.2, -0.15) is 0 Å². The molecule has 0 saturated carbocycles. The number of benzene rings is 2.